The molecule has 4 N–H and O–H groups in total. The van der Waals surface area contributed by atoms with Gasteiger partial charge in [-0.2, -0.15) is 0 Å². The molecule has 33 heavy (non-hydrogen) atoms. The summed E-state index contributed by atoms with van der Waals surface area (Å²) in [5.74, 6) is -0.575. The maximum Gasteiger partial charge on any atom is 0.269 e. The predicted molar refractivity (Wildman–Crippen MR) is 132 cm³/mol. The Hall–Kier alpha value is -2.88. The molecule has 0 heterocycles. The number of thiocarbonyl (C=S) groups is 1. The number of amides is 3. The van der Waals surface area contributed by atoms with Crippen LogP contribution in [0.15, 0.2) is 42.5 Å². The molecule has 0 unspecified atom stereocenters. The van der Waals surface area contributed by atoms with Crippen LogP contribution in [-0.2, 0) is 9.59 Å². The molecule has 0 radical (unpaired) electrons. The summed E-state index contributed by atoms with van der Waals surface area (Å²) >= 11 is 16.9. The van der Waals surface area contributed by atoms with Crippen LogP contribution in [0, 0.1) is 5.92 Å². The van der Waals surface area contributed by atoms with E-state index < -0.39 is 5.91 Å². The van der Waals surface area contributed by atoms with E-state index >= 15 is 0 Å². The first-order valence-electron chi connectivity index (χ1n) is 10.0. The van der Waals surface area contributed by atoms with Crippen LogP contribution in [0.5, 0.6) is 5.75 Å². The number of carbonyl (C=O) groups excluding carboxylic acids is 3. The van der Waals surface area contributed by atoms with E-state index in [-0.39, 0.29) is 35.9 Å². The van der Waals surface area contributed by atoms with E-state index in [0.717, 1.165) is 0 Å². The van der Waals surface area contributed by atoms with Crippen LogP contribution in [0.2, 0.25) is 10.0 Å². The van der Waals surface area contributed by atoms with Crippen LogP contribution in [0.1, 0.15) is 37.0 Å². The van der Waals surface area contributed by atoms with Gasteiger partial charge in [-0.15, -0.1) is 0 Å². The lowest BCUT2D eigenvalue weighted by Crippen LogP contribution is -2.48. The molecule has 0 aromatic heterocycles. The smallest absolute Gasteiger partial charge is 0.269 e. The summed E-state index contributed by atoms with van der Waals surface area (Å²) < 4.78 is 5.52. The SMILES string of the molecule is CC(C)C(=O)Nc1ccc(C(=O)NNC(=S)NC(=O)CCCOc2ccc(Cl)cc2Cl)cc1. The van der Waals surface area contributed by atoms with Gasteiger partial charge in [0.1, 0.15) is 5.75 Å². The predicted octanol–water partition coefficient (Wildman–Crippen LogP) is 4.08. The van der Waals surface area contributed by atoms with Crippen molar-refractivity contribution in [2.45, 2.75) is 26.7 Å². The molecule has 176 valence electrons. The minimum Gasteiger partial charge on any atom is -0.492 e. The van der Waals surface area contributed by atoms with Gasteiger partial charge in [-0.05, 0) is 61.1 Å². The third kappa shape index (κ3) is 9.25. The Bertz CT molecular complexity index is 1020. The second kappa shape index (κ2) is 13.0. The van der Waals surface area contributed by atoms with Gasteiger partial charge < -0.3 is 15.4 Å². The summed E-state index contributed by atoms with van der Waals surface area (Å²) in [5.41, 5.74) is 5.80. The molecular formula is C22H24Cl2N4O4S. The summed E-state index contributed by atoms with van der Waals surface area (Å²) in [5, 5.41) is 6.06. The summed E-state index contributed by atoms with van der Waals surface area (Å²) in [7, 11) is 0. The topological polar surface area (TPSA) is 109 Å². The number of anilines is 1. The molecule has 0 bridgehead atoms. The fraction of sp³-hybridized carbons (Fsp3) is 0.273. The number of hydrazine groups is 1. The second-order valence-corrected chi connectivity index (χ2v) is 8.46. The van der Waals surface area contributed by atoms with Crippen molar-refractivity contribution in [3.8, 4) is 5.75 Å². The third-order valence-corrected chi connectivity index (χ3v) is 4.92. The van der Waals surface area contributed by atoms with Crippen LogP contribution < -0.4 is 26.2 Å². The van der Waals surface area contributed by atoms with Gasteiger partial charge in [-0.1, -0.05) is 37.0 Å². The Kier molecular flexibility index (Phi) is 10.4. The summed E-state index contributed by atoms with van der Waals surface area (Å²) in [4.78, 5) is 35.9. The van der Waals surface area contributed by atoms with Gasteiger partial charge in [-0.3, -0.25) is 25.2 Å². The average molecular weight is 511 g/mol. The molecule has 0 aliphatic heterocycles. The molecule has 0 aliphatic carbocycles. The van der Waals surface area contributed by atoms with E-state index in [1.165, 1.54) is 0 Å². The van der Waals surface area contributed by atoms with Crippen LogP contribution in [0.25, 0.3) is 0 Å². The fourth-order valence-electron chi connectivity index (χ4n) is 2.40. The lowest BCUT2D eigenvalue weighted by Gasteiger charge is -2.12. The molecule has 2 aromatic rings. The minimum absolute atomic E-state index is 0.0455. The van der Waals surface area contributed by atoms with E-state index in [0.29, 0.717) is 33.5 Å². The molecule has 0 fully saturated rings. The van der Waals surface area contributed by atoms with E-state index in [1.54, 1.807) is 56.3 Å². The van der Waals surface area contributed by atoms with Crippen LogP contribution in [0.4, 0.5) is 5.69 Å². The Morgan fingerprint density at radius 1 is 1.03 bits per heavy atom. The van der Waals surface area contributed by atoms with Crippen molar-refractivity contribution < 1.29 is 19.1 Å². The maximum absolute atomic E-state index is 12.2. The van der Waals surface area contributed by atoms with Gasteiger partial charge in [0.05, 0.1) is 11.6 Å². The van der Waals surface area contributed by atoms with Gasteiger partial charge in [0.15, 0.2) is 5.11 Å². The van der Waals surface area contributed by atoms with Gasteiger partial charge in [0.25, 0.3) is 5.91 Å². The highest BCUT2D eigenvalue weighted by atomic mass is 35.5. The monoisotopic (exact) mass is 510 g/mol. The quantitative estimate of drug-likeness (QED) is 0.242. The normalized spacial score (nSPS) is 10.3. The number of ether oxygens (including phenoxy) is 1. The van der Waals surface area contributed by atoms with Crippen molar-refractivity contribution in [1.82, 2.24) is 16.2 Å². The van der Waals surface area contributed by atoms with Gasteiger partial charge in [0.2, 0.25) is 11.8 Å². The molecule has 0 atom stereocenters. The van der Waals surface area contributed by atoms with Crippen molar-refractivity contribution >= 4 is 63.9 Å². The molecule has 0 saturated heterocycles. The Morgan fingerprint density at radius 2 is 1.73 bits per heavy atom. The molecule has 0 aliphatic rings. The van der Waals surface area contributed by atoms with Crippen molar-refractivity contribution in [2.75, 3.05) is 11.9 Å². The van der Waals surface area contributed by atoms with E-state index in [9.17, 15) is 14.4 Å². The summed E-state index contributed by atoms with van der Waals surface area (Å²) in [6.45, 7) is 3.85. The number of rotatable bonds is 8. The Labute approximate surface area is 207 Å². The molecule has 0 saturated carbocycles. The lowest BCUT2D eigenvalue weighted by molar-refractivity contribution is -0.120. The number of hydrogen-bond acceptors (Lipinski definition) is 5. The zero-order chi connectivity index (χ0) is 24.4. The Balaban J connectivity index is 1.67. The number of nitrogens with one attached hydrogen (secondary N) is 4. The van der Waals surface area contributed by atoms with Crippen LogP contribution in [0.3, 0.4) is 0 Å². The largest absolute Gasteiger partial charge is 0.492 e. The molecular weight excluding hydrogens is 487 g/mol. The zero-order valence-corrected chi connectivity index (χ0v) is 20.4. The fourth-order valence-corrected chi connectivity index (χ4v) is 3.03. The molecule has 3 amide bonds. The van der Waals surface area contributed by atoms with E-state index in [2.05, 4.69) is 21.5 Å². The van der Waals surface area contributed by atoms with Gasteiger partial charge in [0, 0.05) is 28.6 Å². The van der Waals surface area contributed by atoms with Crippen LogP contribution >= 0.6 is 35.4 Å². The van der Waals surface area contributed by atoms with Gasteiger partial charge >= 0.3 is 0 Å². The highest BCUT2D eigenvalue weighted by Crippen LogP contribution is 2.27. The molecule has 11 heteroatoms. The molecule has 8 nitrogen and oxygen atoms in total. The number of halogens is 2. The summed E-state index contributed by atoms with van der Waals surface area (Å²) in [6.07, 6.45) is 0.587. The second-order valence-electron chi connectivity index (χ2n) is 7.20. The molecule has 0 spiro atoms. The van der Waals surface area contributed by atoms with Crippen molar-refractivity contribution in [3.05, 3.63) is 58.1 Å². The first kappa shape index (κ1) is 26.4. The van der Waals surface area contributed by atoms with Crippen molar-refractivity contribution in [2.24, 2.45) is 5.92 Å². The standard InChI is InChI=1S/C22H24Cl2N4O4S/c1-13(2)20(30)25-16-8-5-14(6-9-16)21(31)27-28-22(33)26-19(29)4-3-11-32-18-10-7-15(23)12-17(18)24/h5-10,12-13H,3-4,11H2,1-2H3,(H,25,30)(H,27,31)(H2,26,28,29,33). The third-order valence-electron chi connectivity index (χ3n) is 4.18. The van der Waals surface area contributed by atoms with Crippen molar-refractivity contribution in [3.63, 3.8) is 0 Å². The van der Waals surface area contributed by atoms with Crippen LogP contribution in [-0.4, -0.2) is 29.4 Å². The lowest BCUT2D eigenvalue weighted by atomic mass is 10.1. The van der Waals surface area contributed by atoms with E-state index in [1.807, 2.05) is 0 Å². The first-order chi connectivity index (χ1) is 15.7. The van der Waals surface area contributed by atoms with Crippen molar-refractivity contribution in [1.29, 1.82) is 0 Å². The summed E-state index contributed by atoms with van der Waals surface area (Å²) in [6, 6.07) is 11.2. The first-order valence-corrected chi connectivity index (χ1v) is 11.2. The number of carbonyl (C=O) groups is 3. The highest BCUT2D eigenvalue weighted by Gasteiger charge is 2.10. The molecule has 2 aromatic carbocycles. The average Bonchev–Trinajstić information content (AvgIpc) is 2.76. The zero-order valence-electron chi connectivity index (χ0n) is 18.0. The van der Waals surface area contributed by atoms with Gasteiger partial charge in [-0.25, -0.2) is 0 Å². The molecule has 2 rings (SSSR count). The number of hydrogen-bond donors (Lipinski definition) is 4. The van der Waals surface area contributed by atoms with E-state index in [4.69, 9.17) is 40.2 Å². The highest BCUT2D eigenvalue weighted by molar-refractivity contribution is 7.80. The Morgan fingerprint density at radius 3 is 2.36 bits per heavy atom. The number of benzene rings is 2. The maximum atomic E-state index is 12.2. The minimum atomic E-state index is -0.457.